The Morgan fingerprint density at radius 1 is 1.04 bits per heavy atom. The zero-order chi connectivity index (χ0) is 21.1. The Kier molecular flexibility index (Phi) is 9.66. The van der Waals surface area contributed by atoms with Crippen molar-refractivity contribution >= 4 is 23.8 Å². The highest BCUT2D eigenvalue weighted by atomic mass is 16.5. The van der Waals surface area contributed by atoms with Crippen molar-refractivity contribution in [2.75, 3.05) is 20.3 Å². The van der Waals surface area contributed by atoms with E-state index < -0.39 is 48.3 Å². The summed E-state index contributed by atoms with van der Waals surface area (Å²) in [5, 5.41) is 11.8. The molecular weight excluding hydrogens is 370 g/mol. The van der Waals surface area contributed by atoms with Gasteiger partial charge in [-0.05, 0) is 19.4 Å². The number of ether oxygens (including phenoxy) is 3. The van der Waals surface area contributed by atoms with Gasteiger partial charge in [-0.15, -0.1) is 0 Å². The molecule has 1 rings (SSSR count). The fraction of sp³-hybridized carbons (Fsp3) is 0.474. The molecule has 0 aromatic heterocycles. The molecule has 154 valence electrons. The minimum absolute atomic E-state index is 0.0108. The zero-order valence-electron chi connectivity index (χ0n) is 16.0. The molecule has 0 fully saturated rings. The maximum absolute atomic E-state index is 12.6. The first-order chi connectivity index (χ1) is 13.3. The molecule has 9 heteroatoms. The Bertz CT molecular complexity index is 676. The van der Waals surface area contributed by atoms with Gasteiger partial charge in [0.15, 0.2) is 6.10 Å². The van der Waals surface area contributed by atoms with Crippen LogP contribution in [0, 0.1) is 5.92 Å². The van der Waals surface area contributed by atoms with Crippen molar-refractivity contribution in [1.29, 1.82) is 0 Å². The second-order valence-corrected chi connectivity index (χ2v) is 5.72. The molecule has 1 aromatic carbocycles. The Hall–Kier alpha value is -2.94. The van der Waals surface area contributed by atoms with Gasteiger partial charge >= 0.3 is 17.9 Å². The summed E-state index contributed by atoms with van der Waals surface area (Å²) in [6.07, 6.45) is -1.64. The van der Waals surface area contributed by atoms with Crippen LogP contribution < -0.4 is 5.32 Å². The molecule has 0 unspecified atom stereocenters. The Balaban J connectivity index is 3.08. The molecule has 0 saturated heterocycles. The van der Waals surface area contributed by atoms with Crippen molar-refractivity contribution in [1.82, 2.24) is 5.32 Å². The monoisotopic (exact) mass is 395 g/mol. The Morgan fingerprint density at radius 3 is 2.14 bits per heavy atom. The minimum Gasteiger partial charge on any atom is -0.480 e. The summed E-state index contributed by atoms with van der Waals surface area (Å²) in [5.74, 6) is -5.39. The fourth-order valence-electron chi connectivity index (χ4n) is 2.57. The average Bonchev–Trinajstić information content (AvgIpc) is 2.66. The predicted octanol–water partition coefficient (Wildman–Crippen LogP) is 1.08. The molecular formula is C19H25NO8. The molecule has 0 radical (unpaired) electrons. The Morgan fingerprint density at radius 2 is 1.64 bits per heavy atom. The van der Waals surface area contributed by atoms with Gasteiger partial charge in [-0.1, -0.05) is 30.3 Å². The van der Waals surface area contributed by atoms with E-state index in [1.807, 2.05) is 0 Å². The molecule has 9 nitrogen and oxygen atoms in total. The molecule has 2 N–H and O–H groups in total. The summed E-state index contributed by atoms with van der Waals surface area (Å²) in [6.45, 7) is 3.18. The van der Waals surface area contributed by atoms with Crippen LogP contribution in [-0.4, -0.2) is 55.3 Å². The number of carboxylic acid groups (broad SMARTS) is 1. The smallest absolute Gasteiger partial charge is 0.327 e. The SMILES string of the molecule is CCOC(=O)C[C@@H](C(=O)OCC)[C@H](NC(=O)[C@@H](OC)c1ccccc1)C(=O)O. The highest BCUT2D eigenvalue weighted by molar-refractivity contribution is 5.92. The number of carboxylic acids is 1. The number of methoxy groups -OCH3 is 1. The van der Waals surface area contributed by atoms with E-state index in [2.05, 4.69) is 5.32 Å². The molecule has 0 aliphatic rings. The van der Waals surface area contributed by atoms with Crippen LogP contribution in [0.5, 0.6) is 0 Å². The number of carbonyl (C=O) groups is 4. The summed E-state index contributed by atoms with van der Waals surface area (Å²) in [5.41, 5.74) is 0.504. The van der Waals surface area contributed by atoms with Crippen LogP contribution >= 0.6 is 0 Å². The van der Waals surface area contributed by atoms with Crippen LogP contribution in [0.4, 0.5) is 0 Å². The van der Waals surface area contributed by atoms with Crippen LogP contribution in [0.2, 0.25) is 0 Å². The second kappa shape index (κ2) is 11.7. The molecule has 3 atom stereocenters. The number of nitrogens with one attached hydrogen (secondary N) is 1. The number of rotatable bonds is 11. The third-order valence-corrected chi connectivity index (χ3v) is 3.82. The van der Waals surface area contributed by atoms with Gasteiger partial charge in [0.25, 0.3) is 5.91 Å². The van der Waals surface area contributed by atoms with E-state index in [0.29, 0.717) is 5.56 Å². The summed E-state index contributed by atoms with van der Waals surface area (Å²) < 4.78 is 14.8. The standard InChI is InChI=1S/C19H25NO8/c1-4-27-14(21)11-13(19(25)28-5-2)15(18(23)24)20-17(22)16(26-3)12-9-7-6-8-10-12/h6-10,13,15-16H,4-5,11H2,1-3H3,(H,20,22)(H,23,24)/t13-,15+,16+/m1/s1. The number of benzene rings is 1. The van der Waals surface area contributed by atoms with Crippen molar-refractivity contribution in [2.24, 2.45) is 5.92 Å². The zero-order valence-corrected chi connectivity index (χ0v) is 16.0. The van der Waals surface area contributed by atoms with E-state index in [-0.39, 0.29) is 13.2 Å². The quantitative estimate of drug-likeness (QED) is 0.533. The van der Waals surface area contributed by atoms with Crippen molar-refractivity contribution in [2.45, 2.75) is 32.4 Å². The molecule has 0 heterocycles. The number of esters is 2. The van der Waals surface area contributed by atoms with E-state index in [9.17, 15) is 24.3 Å². The summed E-state index contributed by atoms with van der Waals surface area (Å²) in [4.78, 5) is 48.4. The summed E-state index contributed by atoms with van der Waals surface area (Å²) in [6, 6.07) is 6.74. The third kappa shape index (κ3) is 6.66. The summed E-state index contributed by atoms with van der Waals surface area (Å²) in [7, 11) is 1.30. The molecule has 28 heavy (non-hydrogen) atoms. The summed E-state index contributed by atoms with van der Waals surface area (Å²) >= 11 is 0. The number of amides is 1. The number of aliphatic carboxylic acids is 1. The van der Waals surface area contributed by atoms with E-state index in [1.54, 1.807) is 44.2 Å². The van der Waals surface area contributed by atoms with Crippen LogP contribution in [0.3, 0.4) is 0 Å². The first-order valence-corrected chi connectivity index (χ1v) is 8.78. The van der Waals surface area contributed by atoms with Gasteiger partial charge in [0.1, 0.15) is 6.04 Å². The first kappa shape index (κ1) is 23.1. The molecule has 0 aliphatic heterocycles. The van der Waals surface area contributed by atoms with Crippen LogP contribution in [0.1, 0.15) is 31.9 Å². The minimum atomic E-state index is -1.70. The van der Waals surface area contributed by atoms with Gasteiger partial charge in [-0.25, -0.2) is 4.79 Å². The number of hydrogen-bond acceptors (Lipinski definition) is 7. The molecule has 0 aliphatic carbocycles. The lowest BCUT2D eigenvalue weighted by Crippen LogP contribution is -2.51. The van der Waals surface area contributed by atoms with Crippen molar-refractivity contribution < 1.29 is 38.5 Å². The van der Waals surface area contributed by atoms with Gasteiger partial charge in [-0.3, -0.25) is 14.4 Å². The maximum atomic E-state index is 12.6. The number of carbonyl (C=O) groups excluding carboxylic acids is 3. The third-order valence-electron chi connectivity index (χ3n) is 3.82. The normalized spacial score (nSPS) is 13.7. The fourth-order valence-corrected chi connectivity index (χ4v) is 2.57. The number of hydrogen-bond donors (Lipinski definition) is 2. The maximum Gasteiger partial charge on any atom is 0.327 e. The van der Waals surface area contributed by atoms with Gasteiger partial charge in [0, 0.05) is 7.11 Å². The molecule has 0 bridgehead atoms. The van der Waals surface area contributed by atoms with Crippen molar-refractivity contribution in [3.8, 4) is 0 Å². The molecule has 0 spiro atoms. The topological polar surface area (TPSA) is 128 Å². The van der Waals surface area contributed by atoms with E-state index in [1.165, 1.54) is 7.11 Å². The average molecular weight is 395 g/mol. The van der Waals surface area contributed by atoms with Gasteiger partial charge in [0.05, 0.1) is 25.6 Å². The predicted molar refractivity (Wildman–Crippen MR) is 97.1 cm³/mol. The van der Waals surface area contributed by atoms with E-state index in [0.717, 1.165) is 0 Å². The highest BCUT2D eigenvalue weighted by Crippen LogP contribution is 2.19. The lowest BCUT2D eigenvalue weighted by Gasteiger charge is -2.25. The lowest BCUT2D eigenvalue weighted by atomic mass is 9.95. The Labute approximate surface area is 163 Å². The van der Waals surface area contributed by atoms with Crippen LogP contribution in [0.15, 0.2) is 30.3 Å². The molecule has 1 aromatic rings. The van der Waals surface area contributed by atoms with E-state index in [4.69, 9.17) is 14.2 Å². The molecule has 1 amide bonds. The second-order valence-electron chi connectivity index (χ2n) is 5.72. The van der Waals surface area contributed by atoms with Gasteiger partial charge in [0.2, 0.25) is 0 Å². The van der Waals surface area contributed by atoms with Crippen molar-refractivity contribution in [3.63, 3.8) is 0 Å². The van der Waals surface area contributed by atoms with Crippen LogP contribution in [-0.2, 0) is 33.4 Å². The van der Waals surface area contributed by atoms with Crippen LogP contribution in [0.25, 0.3) is 0 Å². The molecule has 0 saturated carbocycles. The van der Waals surface area contributed by atoms with Gasteiger partial charge in [-0.2, -0.15) is 0 Å². The first-order valence-electron chi connectivity index (χ1n) is 8.78. The van der Waals surface area contributed by atoms with Gasteiger partial charge < -0.3 is 24.6 Å². The van der Waals surface area contributed by atoms with Crippen molar-refractivity contribution in [3.05, 3.63) is 35.9 Å². The van der Waals surface area contributed by atoms with E-state index >= 15 is 0 Å². The lowest BCUT2D eigenvalue weighted by molar-refractivity contribution is -0.160. The largest absolute Gasteiger partial charge is 0.480 e. The highest BCUT2D eigenvalue weighted by Gasteiger charge is 2.39.